The van der Waals surface area contributed by atoms with E-state index >= 15 is 0 Å². The van der Waals surface area contributed by atoms with Gasteiger partial charge in [0, 0.05) is 8.95 Å². The van der Waals surface area contributed by atoms with Gasteiger partial charge in [0.15, 0.2) is 10.8 Å². The van der Waals surface area contributed by atoms with Gasteiger partial charge in [-0.1, -0.05) is 27.5 Å². The van der Waals surface area contributed by atoms with E-state index in [1.165, 1.54) is 12.1 Å². The third kappa shape index (κ3) is 3.28. The Hall–Kier alpha value is -0.980. The first-order valence-corrected chi connectivity index (χ1v) is 6.78. The first kappa shape index (κ1) is 13.5. The van der Waals surface area contributed by atoms with E-state index in [1.54, 1.807) is 6.07 Å². The Kier molecular flexibility index (Phi) is 4.31. The van der Waals surface area contributed by atoms with Gasteiger partial charge in [-0.3, -0.25) is 4.79 Å². The number of nitrogens with one attached hydrogen (secondary N) is 1. The van der Waals surface area contributed by atoms with Crippen molar-refractivity contribution in [1.82, 2.24) is 10.2 Å². The lowest BCUT2D eigenvalue weighted by atomic mass is 10.3. The van der Waals surface area contributed by atoms with Crippen LogP contribution in [0.4, 0.5) is 5.69 Å². The number of hydrogen-bond acceptors (Lipinski definition) is 3. The molecule has 1 N–H and O–H groups in total. The minimum atomic E-state index is -0.349. The number of halogens is 3. The topological polar surface area (TPSA) is 54.9 Å². The molecule has 0 unspecified atom stereocenters. The second-order valence-corrected chi connectivity index (χ2v) is 5.48. The molecule has 1 heterocycles. The van der Waals surface area contributed by atoms with Crippen LogP contribution in [-0.2, 0) is 0 Å². The van der Waals surface area contributed by atoms with Crippen LogP contribution < -0.4 is 5.32 Å². The highest BCUT2D eigenvalue weighted by Gasteiger charge is 2.10. The molecule has 92 valence electrons. The van der Waals surface area contributed by atoms with E-state index in [0.29, 0.717) is 5.69 Å². The fourth-order valence-electron chi connectivity index (χ4n) is 1.22. The molecule has 0 spiro atoms. The van der Waals surface area contributed by atoms with E-state index in [-0.39, 0.29) is 16.8 Å². The highest BCUT2D eigenvalue weighted by Crippen LogP contribution is 2.26. The average Bonchev–Trinajstić information content (AvgIpc) is 2.34. The number of amides is 1. The van der Waals surface area contributed by atoms with Crippen LogP contribution in [0.15, 0.2) is 39.3 Å². The summed E-state index contributed by atoms with van der Waals surface area (Å²) in [6.07, 6.45) is 0. The smallest absolute Gasteiger partial charge is 0.276 e. The summed E-state index contributed by atoms with van der Waals surface area (Å²) >= 11 is 12.3. The molecule has 2 rings (SSSR count). The number of nitrogens with zero attached hydrogens (tertiary/aromatic N) is 2. The van der Waals surface area contributed by atoms with Gasteiger partial charge in [0.25, 0.3) is 5.91 Å². The van der Waals surface area contributed by atoms with E-state index in [4.69, 9.17) is 11.6 Å². The first-order valence-electron chi connectivity index (χ1n) is 4.82. The molecule has 2 aromatic rings. The second-order valence-electron chi connectivity index (χ2n) is 3.32. The molecule has 0 saturated carbocycles. The molecular weight excluding hydrogens is 385 g/mol. The van der Waals surface area contributed by atoms with E-state index in [2.05, 4.69) is 47.4 Å². The third-order valence-electron chi connectivity index (χ3n) is 2.04. The van der Waals surface area contributed by atoms with Crippen molar-refractivity contribution in [3.05, 3.63) is 50.1 Å². The number of benzene rings is 1. The maximum atomic E-state index is 11.9. The van der Waals surface area contributed by atoms with Gasteiger partial charge in [0.1, 0.15) is 0 Å². The van der Waals surface area contributed by atoms with Crippen LogP contribution in [0, 0.1) is 0 Å². The lowest BCUT2D eigenvalue weighted by Crippen LogP contribution is -2.14. The first-order chi connectivity index (χ1) is 8.56. The van der Waals surface area contributed by atoms with Crippen LogP contribution in [-0.4, -0.2) is 16.1 Å². The molecule has 0 radical (unpaired) electrons. The average molecular weight is 391 g/mol. The van der Waals surface area contributed by atoms with Crippen molar-refractivity contribution < 1.29 is 4.79 Å². The molecule has 0 fully saturated rings. The Morgan fingerprint density at radius 2 is 1.94 bits per heavy atom. The van der Waals surface area contributed by atoms with Crippen molar-refractivity contribution in [2.24, 2.45) is 0 Å². The second kappa shape index (κ2) is 5.77. The van der Waals surface area contributed by atoms with Crippen molar-refractivity contribution >= 4 is 55.1 Å². The molecule has 1 aromatic heterocycles. The summed E-state index contributed by atoms with van der Waals surface area (Å²) in [7, 11) is 0. The van der Waals surface area contributed by atoms with Crippen molar-refractivity contribution in [3.63, 3.8) is 0 Å². The Labute approximate surface area is 125 Å². The Balaban J connectivity index is 2.21. The van der Waals surface area contributed by atoms with Crippen molar-refractivity contribution in [3.8, 4) is 0 Å². The SMILES string of the molecule is O=C(Nc1cc(Br)ccc1Br)c1ccc(Cl)nn1. The highest BCUT2D eigenvalue weighted by atomic mass is 79.9. The Morgan fingerprint density at radius 1 is 1.17 bits per heavy atom. The van der Waals surface area contributed by atoms with Gasteiger partial charge >= 0.3 is 0 Å². The maximum Gasteiger partial charge on any atom is 0.276 e. The zero-order chi connectivity index (χ0) is 13.1. The molecule has 0 aliphatic rings. The molecule has 1 aromatic carbocycles. The molecule has 0 saturated heterocycles. The highest BCUT2D eigenvalue weighted by molar-refractivity contribution is 9.11. The van der Waals surface area contributed by atoms with Crippen molar-refractivity contribution in [1.29, 1.82) is 0 Å². The molecule has 1 amide bonds. The van der Waals surface area contributed by atoms with Crippen molar-refractivity contribution in [2.45, 2.75) is 0 Å². The van der Waals surface area contributed by atoms with Crippen LogP contribution in [0.3, 0.4) is 0 Å². The largest absolute Gasteiger partial charge is 0.320 e. The summed E-state index contributed by atoms with van der Waals surface area (Å²) in [5.74, 6) is -0.349. The molecule has 0 aliphatic heterocycles. The normalized spacial score (nSPS) is 10.2. The van der Waals surface area contributed by atoms with Crippen LogP contribution in [0.5, 0.6) is 0 Å². The molecule has 7 heteroatoms. The summed E-state index contributed by atoms with van der Waals surface area (Å²) in [5.41, 5.74) is 0.845. The van der Waals surface area contributed by atoms with E-state index in [0.717, 1.165) is 8.95 Å². The lowest BCUT2D eigenvalue weighted by Gasteiger charge is -2.07. The van der Waals surface area contributed by atoms with Crippen LogP contribution in [0.2, 0.25) is 5.15 Å². The molecule has 18 heavy (non-hydrogen) atoms. The summed E-state index contributed by atoms with van der Waals surface area (Å²) < 4.78 is 1.64. The van der Waals surface area contributed by atoms with Crippen molar-refractivity contribution in [2.75, 3.05) is 5.32 Å². The van der Waals surface area contributed by atoms with Gasteiger partial charge in [-0.25, -0.2) is 0 Å². The van der Waals surface area contributed by atoms with E-state index in [9.17, 15) is 4.79 Å². The predicted octanol–water partition coefficient (Wildman–Crippen LogP) is 3.91. The van der Waals surface area contributed by atoms with Crippen LogP contribution >= 0.6 is 43.5 Å². The Morgan fingerprint density at radius 3 is 2.61 bits per heavy atom. The summed E-state index contributed by atoms with van der Waals surface area (Å²) in [6.45, 7) is 0. The standard InChI is InChI=1S/C11H6Br2ClN3O/c12-6-1-2-7(13)9(5-6)15-11(18)8-3-4-10(14)17-16-8/h1-5H,(H,15,18). The third-order valence-corrected chi connectivity index (χ3v) is 3.43. The number of rotatable bonds is 2. The van der Waals surface area contributed by atoms with Gasteiger partial charge in [0.05, 0.1) is 5.69 Å². The number of hydrogen-bond donors (Lipinski definition) is 1. The number of carbonyl (C=O) groups is 1. The zero-order valence-electron chi connectivity index (χ0n) is 8.82. The summed E-state index contributed by atoms with van der Waals surface area (Å²) in [4.78, 5) is 11.9. The number of anilines is 1. The monoisotopic (exact) mass is 389 g/mol. The molecular formula is C11H6Br2ClN3O. The van der Waals surface area contributed by atoms with Gasteiger partial charge in [-0.2, -0.15) is 0 Å². The van der Waals surface area contributed by atoms with Crippen LogP contribution in [0.1, 0.15) is 10.5 Å². The summed E-state index contributed by atoms with van der Waals surface area (Å²) in [5, 5.41) is 10.3. The zero-order valence-corrected chi connectivity index (χ0v) is 12.8. The van der Waals surface area contributed by atoms with Gasteiger partial charge in [0.2, 0.25) is 0 Å². The molecule has 0 aliphatic carbocycles. The van der Waals surface area contributed by atoms with Gasteiger partial charge < -0.3 is 5.32 Å². The minimum Gasteiger partial charge on any atom is -0.320 e. The van der Waals surface area contributed by atoms with E-state index in [1.807, 2.05) is 12.1 Å². The molecule has 4 nitrogen and oxygen atoms in total. The fraction of sp³-hybridized carbons (Fsp3) is 0. The fourth-order valence-corrected chi connectivity index (χ4v) is 2.02. The van der Waals surface area contributed by atoms with Gasteiger partial charge in [-0.15, -0.1) is 10.2 Å². The predicted molar refractivity (Wildman–Crippen MR) is 76.8 cm³/mol. The van der Waals surface area contributed by atoms with Gasteiger partial charge in [-0.05, 0) is 46.3 Å². The lowest BCUT2D eigenvalue weighted by molar-refractivity contribution is 0.102. The van der Waals surface area contributed by atoms with Crippen LogP contribution in [0.25, 0.3) is 0 Å². The number of aromatic nitrogens is 2. The molecule has 0 atom stereocenters. The summed E-state index contributed by atoms with van der Waals surface area (Å²) in [6, 6.07) is 8.50. The number of carbonyl (C=O) groups excluding carboxylic acids is 1. The Bertz CT molecular complexity index is 589. The quantitative estimate of drug-likeness (QED) is 0.845. The maximum absolute atomic E-state index is 11.9. The van der Waals surface area contributed by atoms with E-state index < -0.39 is 0 Å². The molecule has 0 bridgehead atoms. The minimum absolute atomic E-state index is 0.200.